The largest absolute Gasteiger partial charge is 0.369 e. The van der Waals surface area contributed by atoms with Crippen LogP contribution in [0.25, 0.3) is 11.1 Å². The monoisotopic (exact) mass is 574 g/mol. The third kappa shape index (κ3) is 4.76. The van der Waals surface area contributed by atoms with Crippen LogP contribution in [-0.4, -0.2) is 71.7 Å². The lowest BCUT2D eigenvalue weighted by Crippen LogP contribution is -2.54. The number of rotatable bonds is 5. The first kappa shape index (κ1) is 27.4. The number of nitrogens with zero attached hydrogens (tertiary/aromatic N) is 5. The number of hydrogen-bond donors (Lipinski definition) is 1. The number of anilines is 2. The van der Waals surface area contributed by atoms with Crippen molar-refractivity contribution in [2.24, 2.45) is 0 Å². The molecule has 4 amide bonds. The molecule has 0 aliphatic carbocycles. The zero-order chi connectivity index (χ0) is 29.7. The highest BCUT2D eigenvalue weighted by Crippen LogP contribution is 2.38. The average Bonchev–Trinajstić information content (AvgIpc) is 3.21. The van der Waals surface area contributed by atoms with Crippen LogP contribution in [0.5, 0.6) is 0 Å². The van der Waals surface area contributed by atoms with E-state index >= 15 is 4.39 Å². The van der Waals surface area contributed by atoms with Crippen LogP contribution in [-0.2, 0) is 9.59 Å². The molecule has 6 rings (SSSR count). The van der Waals surface area contributed by atoms with Crippen LogP contribution in [0.4, 0.5) is 20.4 Å². The van der Waals surface area contributed by atoms with Crippen molar-refractivity contribution < 1.29 is 28.0 Å². The number of nitrogens with one attached hydrogen (secondary N) is 1. The van der Waals surface area contributed by atoms with Gasteiger partial charge in [-0.3, -0.25) is 29.4 Å². The molecule has 2 saturated heterocycles. The predicted octanol–water partition coefficient (Wildman–Crippen LogP) is 3.27. The second-order valence-electron chi connectivity index (χ2n) is 10.9. The molecule has 0 saturated carbocycles. The Bertz CT molecular complexity index is 1620. The molecule has 3 aliphatic rings. The van der Waals surface area contributed by atoms with E-state index in [-0.39, 0.29) is 41.4 Å². The van der Waals surface area contributed by atoms with Crippen molar-refractivity contribution in [3.8, 4) is 11.1 Å². The van der Waals surface area contributed by atoms with Gasteiger partial charge in [-0.15, -0.1) is 0 Å². The van der Waals surface area contributed by atoms with Gasteiger partial charge in [-0.1, -0.05) is 12.1 Å². The van der Waals surface area contributed by atoms with Crippen molar-refractivity contribution in [1.82, 2.24) is 20.2 Å². The summed E-state index contributed by atoms with van der Waals surface area (Å²) in [5, 5.41) is 2.16. The third-order valence-electron chi connectivity index (χ3n) is 8.09. The van der Waals surface area contributed by atoms with Crippen molar-refractivity contribution in [2.45, 2.75) is 37.6 Å². The number of benzene rings is 2. The summed E-state index contributed by atoms with van der Waals surface area (Å²) in [5.41, 5.74) is 2.58. The van der Waals surface area contributed by atoms with E-state index in [9.17, 15) is 23.6 Å². The van der Waals surface area contributed by atoms with Gasteiger partial charge in [0.15, 0.2) is 0 Å². The van der Waals surface area contributed by atoms with Crippen LogP contribution in [0, 0.1) is 11.6 Å². The number of fused-ring (bicyclic) bond motifs is 1. The number of carbonyl (C=O) groups is 4. The fourth-order valence-electron chi connectivity index (χ4n) is 5.88. The minimum absolute atomic E-state index is 0.00358. The molecule has 3 aliphatic heterocycles. The number of carbonyl (C=O) groups excluding carboxylic acids is 4. The van der Waals surface area contributed by atoms with Crippen LogP contribution in [0.3, 0.4) is 0 Å². The lowest BCUT2D eigenvalue weighted by molar-refractivity contribution is -0.136. The van der Waals surface area contributed by atoms with Gasteiger partial charge >= 0.3 is 0 Å². The highest BCUT2D eigenvalue weighted by atomic mass is 19.1. The predicted molar refractivity (Wildman–Crippen MR) is 149 cm³/mol. The van der Waals surface area contributed by atoms with E-state index in [0.29, 0.717) is 31.9 Å². The maximum atomic E-state index is 15.4. The van der Waals surface area contributed by atoms with Crippen molar-refractivity contribution in [3.63, 3.8) is 0 Å². The summed E-state index contributed by atoms with van der Waals surface area (Å²) in [7, 11) is 3.70. The fraction of sp³-hybridized carbons (Fsp3) is 0.333. The Kier molecular flexibility index (Phi) is 6.91. The van der Waals surface area contributed by atoms with Gasteiger partial charge in [-0.05, 0) is 49.1 Å². The summed E-state index contributed by atoms with van der Waals surface area (Å²) in [6, 6.07) is 7.50. The van der Waals surface area contributed by atoms with Crippen molar-refractivity contribution in [1.29, 1.82) is 0 Å². The topological polar surface area (TPSA) is 116 Å². The molecule has 3 aromatic rings. The van der Waals surface area contributed by atoms with E-state index in [2.05, 4.69) is 10.3 Å². The second kappa shape index (κ2) is 10.6. The minimum Gasteiger partial charge on any atom is -0.369 e. The standard InChI is InChI=1S/C30H28F2N6O4/c1-36(2)30-33-15-21(16-3-5-18(31)6-4-16)26(35-30)17-9-11-37(12-10-17)24-14-20-19(13-22(24)32)28(41)38(29(20)42)23-7-8-25(39)34-27(23)40/h3-6,13-15,17,23H,7-12H2,1-2H3,(H,34,39,40). The van der Waals surface area contributed by atoms with Crippen LogP contribution in [0.2, 0.25) is 0 Å². The van der Waals surface area contributed by atoms with Gasteiger partial charge in [-0.2, -0.15) is 0 Å². The number of imide groups is 2. The Labute approximate surface area is 240 Å². The van der Waals surface area contributed by atoms with Crippen molar-refractivity contribution in [2.75, 3.05) is 37.0 Å². The van der Waals surface area contributed by atoms with E-state index in [0.717, 1.165) is 27.8 Å². The maximum absolute atomic E-state index is 15.4. The fourth-order valence-corrected chi connectivity index (χ4v) is 5.88. The summed E-state index contributed by atoms with van der Waals surface area (Å²) in [5.74, 6) is -3.01. The van der Waals surface area contributed by atoms with Gasteiger partial charge in [0.25, 0.3) is 11.8 Å². The molecule has 1 aromatic heterocycles. The Morgan fingerprint density at radius 1 is 0.905 bits per heavy atom. The molecule has 1 unspecified atom stereocenters. The van der Waals surface area contributed by atoms with E-state index in [4.69, 9.17) is 4.98 Å². The SMILES string of the molecule is CN(C)c1ncc(-c2ccc(F)cc2)c(C2CCN(c3cc4c(cc3F)C(=O)N(C3CCC(=O)NC3=O)C4=O)CC2)n1. The molecule has 1 N–H and O–H groups in total. The van der Waals surface area contributed by atoms with Crippen LogP contribution < -0.4 is 15.1 Å². The van der Waals surface area contributed by atoms with E-state index in [1.807, 2.05) is 23.9 Å². The van der Waals surface area contributed by atoms with Crippen molar-refractivity contribution >= 4 is 35.3 Å². The Morgan fingerprint density at radius 2 is 1.57 bits per heavy atom. The molecule has 0 spiro atoms. The third-order valence-corrected chi connectivity index (χ3v) is 8.09. The van der Waals surface area contributed by atoms with Gasteiger partial charge < -0.3 is 9.80 Å². The van der Waals surface area contributed by atoms with Crippen molar-refractivity contribution in [3.05, 3.63) is 71.1 Å². The van der Waals surface area contributed by atoms with Crippen LogP contribution in [0.1, 0.15) is 58.0 Å². The van der Waals surface area contributed by atoms with E-state index in [1.54, 1.807) is 18.3 Å². The highest BCUT2D eigenvalue weighted by molar-refractivity contribution is 6.23. The summed E-state index contributed by atoms with van der Waals surface area (Å²) in [6.07, 6.45) is 3.03. The maximum Gasteiger partial charge on any atom is 0.262 e. The Balaban J connectivity index is 1.24. The second-order valence-corrected chi connectivity index (χ2v) is 10.9. The molecule has 1 atom stereocenters. The molecule has 216 valence electrons. The van der Waals surface area contributed by atoms with E-state index in [1.165, 1.54) is 18.2 Å². The van der Waals surface area contributed by atoms with Gasteiger partial charge in [0.05, 0.1) is 22.5 Å². The smallest absolute Gasteiger partial charge is 0.262 e. The summed E-state index contributed by atoms with van der Waals surface area (Å²) >= 11 is 0. The molecule has 2 aromatic carbocycles. The quantitative estimate of drug-likeness (QED) is 0.462. The normalized spacial score (nSPS) is 19.3. The number of halogens is 2. The molecular formula is C30H28F2N6O4. The Morgan fingerprint density at radius 3 is 2.21 bits per heavy atom. The Hall–Kier alpha value is -4.74. The summed E-state index contributed by atoms with van der Waals surface area (Å²) in [6.45, 7) is 0.924. The molecule has 12 heteroatoms. The lowest BCUT2D eigenvalue weighted by atomic mass is 9.88. The first-order valence-electron chi connectivity index (χ1n) is 13.7. The first-order chi connectivity index (χ1) is 20.1. The molecule has 4 heterocycles. The number of aromatic nitrogens is 2. The first-order valence-corrected chi connectivity index (χ1v) is 13.7. The minimum atomic E-state index is -1.12. The molecule has 2 fully saturated rings. The molecule has 0 radical (unpaired) electrons. The summed E-state index contributed by atoms with van der Waals surface area (Å²) < 4.78 is 29.0. The van der Waals surface area contributed by atoms with Gasteiger partial charge in [-0.25, -0.2) is 18.7 Å². The lowest BCUT2D eigenvalue weighted by Gasteiger charge is -2.34. The summed E-state index contributed by atoms with van der Waals surface area (Å²) in [4.78, 5) is 64.0. The zero-order valence-corrected chi connectivity index (χ0v) is 23.1. The van der Waals surface area contributed by atoms with Crippen LogP contribution >= 0.6 is 0 Å². The van der Waals surface area contributed by atoms with Crippen LogP contribution in [0.15, 0.2) is 42.6 Å². The molecular weight excluding hydrogens is 546 g/mol. The average molecular weight is 575 g/mol. The molecule has 10 nitrogen and oxygen atoms in total. The van der Waals surface area contributed by atoms with E-state index < -0.39 is 35.5 Å². The van der Waals surface area contributed by atoms with Gasteiger partial charge in [0.2, 0.25) is 17.8 Å². The number of amides is 4. The van der Waals surface area contributed by atoms with Gasteiger partial charge in [0.1, 0.15) is 17.7 Å². The zero-order valence-electron chi connectivity index (χ0n) is 23.1. The number of hydrogen-bond acceptors (Lipinski definition) is 8. The van der Waals surface area contributed by atoms with Gasteiger partial charge in [0, 0.05) is 51.3 Å². The highest BCUT2D eigenvalue weighted by Gasteiger charge is 2.45. The molecule has 0 bridgehead atoms. The molecule has 42 heavy (non-hydrogen) atoms. The number of piperidine rings is 2.